The Hall–Kier alpha value is -1.36. The van der Waals surface area contributed by atoms with Gasteiger partial charge in [-0.15, -0.1) is 11.3 Å². The van der Waals surface area contributed by atoms with Crippen LogP contribution >= 0.6 is 11.3 Å². The van der Waals surface area contributed by atoms with Crippen LogP contribution in [0.3, 0.4) is 0 Å². The van der Waals surface area contributed by atoms with Crippen molar-refractivity contribution in [1.29, 1.82) is 0 Å². The van der Waals surface area contributed by atoms with Gasteiger partial charge in [0.05, 0.1) is 13.1 Å². The quantitative estimate of drug-likeness (QED) is 0.899. The van der Waals surface area contributed by atoms with Crippen LogP contribution in [-0.4, -0.2) is 29.3 Å². The van der Waals surface area contributed by atoms with Crippen molar-refractivity contribution < 1.29 is 9.59 Å². The Morgan fingerprint density at radius 1 is 1.33 bits per heavy atom. The zero-order chi connectivity index (χ0) is 13.1. The van der Waals surface area contributed by atoms with Crippen LogP contribution in [0.1, 0.15) is 30.0 Å². The van der Waals surface area contributed by atoms with Crippen molar-refractivity contribution in [3.05, 3.63) is 21.9 Å². The summed E-state index contributed by atoms with van der Waals surface area (Å²) in [6.07, 6.45) is 1.67. The van der Waals surface area contributed by atoms with Crippen molar-refractivity contribution in [3.8, 4) is 0 Å². The third-order valence-corrected chi connectivity index (χ3v) is 4.41. The second-order valence-electron chi connectivity index (χ2n) is 4.39. The zero-order valence-corrected chi connectivity index (χ0v) is 11.5. The smallest absolute Gasteiger partial charge is 0.243 e. The first-order valence-corrected chi connectivity index (χ1v) is 7.12. The van der Waals surface area contributed by atoms with Crippen molar-refractivity contribution in [3.63, 3.8) is 0 Å². The molecule has 1 aliphatic heterocycles. The molecule has 0 radical (unpaired) electrons. The molecule has 0 saturated carbocycles. The zero-order valence-electron chi connectivity index (χ0n) is 10.7. The third-order valence-electron chi connectivity index (χ3n) is 3.19. The Labute approximate surface area is 111 Å². The lowest BCUT2D eigenvalue weighted by molar-refractivity contribution is -0.146. The Morgan fingerprint density at radius 2 is 2.06 bits per heavy atom. The number of carbonyl (C=O) groups is 2. The van der Waals surface area contributed by atoms with Gasteiger partial charge in [0.2, 0.25) is 11.8 Å². The highest BCUT2D eigenvalue weighted by Gasteiger charge is 2.33. The van der Waals surface area contributed by atoms with Crippen LogP contribution in [0.4, 0.5) is 0 Å². The summed E-state index contributed by atoms with van der Waals surface area (Å²) in [6.45, 7) is 4.72. The van der Waals surface area contributed by atoms with Gasteiger partial charge in [0, 0.05) is 9.75 Å². The van der Waals surface area contributed by atoms with Crippen LogP contribution in [0.5, 0.6) is 0 Å². The highest BCUT2D eigenvalue weighted by Crippen LogP contribution is 2.21. The molecule has 0 bridgehead atoms. The summed E-state index contributed by atoms with van der Waals surface area (Å²) in [5.74, 6) is -0.0303. The molecule has 1 N–H and O–H groups in total. The molecule has 1 aromatic rings. The fraction of sp³-hybridized carbons (Fsp3) is 0.538. The summed E-state index contributed by atoms with van der Waals surface area (Å²) in [5, 5.41) is 2.64. The highest BCUT2D eigenvalue weighted by atomic mass is 32.1. The van der Waals surface area contributed by atoms with Crippen molar-refractivity contribution in [2.75, 3.05) is 6.54 Å². The molecule has 1 aliphatic rings. The van der Waals surface area contributed by atoms with Crippen LogP contribution in [0.15, 0.2) is 12.1 Å². The lowest BCUT2D eigenvalue weighted by Gasteiger charge is -2.34. The lowest BCUT2D eigenvalue weighted by atomic mass is 10.1. The molecule has 0 aliphatic carbocycles. The van der Waals surface area contributed by atoms with Crippen LogP contribution in [-0.2, 0) is 22.6 Å². The van der Waals surface area contributed by atoms with Crippen molar-refractivity contribution in [1.82, 2.24) is 10.2 Å². The average molecular weight is 266 g/mol. The molecule has 1 aromatic heterocycles. The van der Waals surface area contributed by atoms with Crippen LogP contribution in [0.25, 0.3) is 0 Å². The number of piperazine rings is 1. The van der Waals surface area contributed by atoms with Gasteiger partial charge in [-0.05, 0) is 25.0 Å². The van der Waals surface area contributed by atoms with E-state index in [4.69, 9.17) is 0 Å². The first kappa shape index (κ1) is 13.1. The molecule has 1 fully saturated rings. The van der Waals surface area contributed by atoms with Gasteiger partial charge in [-0.25, -0.2) is 0 Å². The topological polar surface area (TPSA) is 49.4 Å². The maximum atomic E-state index is 11.9. The maximum absolute atomic E-state index is 11.9. The Bertz CT molecular complexity index is 456. The average Bonchev–Trinajstić information content (AvgIpc) is 2.82. The second kappa shape index (κ2) is 5.52. The number of nitrogens with one attached hydrogen (secondary N) is 1. The highest BCUT2D eigenvalue weighted by molar-refractivity contribution is 7.11. The van der Waals surface area contributed by atoms with Gasteiger partial charge in [0.25, 0.3) is 0 Å². The lowest BCUT2D eigenvalue weighted by Crippen LogP contribution is -2.57. The third kappa shape index (κ3) is 2.56. The van der Waals surface area contributed by atoms with E-state index in [9.17, 15) is 9.59 Å². The maximum Gasteiger partial charge on any atom is 0.243 e. The van der Waals surface area contributed by atoms with Crippen molar-refractivity contribution in [2.24, 2.45) is 0 Å². The fourth-order valence-corrected chi connectivity index (χ4v) is 3.12. The minimum atomic E-state index is -0.321. The first-order valence-electron chi connectivity index (χ1n) is 6.30. The Morgan fingerprint density at radius 3 is 2.67 bits per heavy atom. The van der Waals surface area contributed by atoms with Crippen LogP contribution in [0, 0.1) is 0 Å². The molecule has 5 heteroatoms. The molecule has 2 amide bonds. The predicted octanol–water partition coefficient (Wildman–Crippen LogP) is 1.55. The van der Waals surface area contributed by atoms with Crippen LogP contribution in [0.2, 0.25) is 0 Å². The minimum Gasteiger partial charge on any atom is -0.345 e. The first-order chi connectivity index (χ1) is 8.65. The number of thiophene rings is 1. The molecular weight excluding hydrogens is 248 g/mol. The molecule has 0 aromatic carbocycles. The van der Waals surface area contributed by atoms with E-state index in [2.05, 4.69) is 24.4 Å². The summed E-state index contributed by atoms with van der Waals surface area (Å²) < 4.78 is 0. The number of carbonyl (C=O) groups excluding carboxylic acids is 2. The molecule has 2 heterocycles. The number of amides is 2. The van der Waals surface area contributed by atoms with Gasteiger partial charge in [0.1, 0.15) is 6.04 Å². The normalized spacial score (nSPS) is 20.1. The summed E-state index contributed by atoms with van der Waals surface area (Å²) in [6, 6.07) is 3.82. The number of rotatable bonds is 4. The van der Waals surface area contributed by atoms with Gasteiger partial charge < -0.3 is 10.2 Å². The van der Waals surface area contributed by atoms with Crippen LogP contribution < -0.4 is 5.32 Å². The van der Waals surface area contributed by atoms with Gasteiger partial charge in [0.15, 0.2) is 0 Å². The Balaban J connectivity index is 2.13. The van der Waals surface area contributed by atoms with Gasteiger partial charge in [-0.1, -0.05) is 13.8 Å². The summed E-state index contributed by atoms with van der Waals surface area (Å²) >= 11 is 1.72. The molecule has 18 heavy (non-hydrogen) atoms. The standard InChI is InChI=1S/C13H18N2O2S/c1-3-9-5-6-10(18-9)8-15-11(4-2)13(17)14-7-12(15)16/h5-6,11H,3-4,7-8H2,1-2H3,(H,14,17). The molecule has 98 valence electrons. The van der Waals surface area contributed by atoms with Crippen molar-refractivity contribution >= 4 is 23.2 Å². The predicted molar refractivity (Wildman–Crippen MR) is 71.3 cm³/mol. The number of hydrogen-bond acceptors (Lipinski definition) is 3. The van der Waals surface area contributed by atoms with E-state index in [1.807, 2.05) is 6.92 Å². The van der Waals surface area contributed by atoms with E-state index in [-0.39, 0.29) is 24.4 Å². The van der Waals surface area contributed by atoms with E-state index < -0.39 is 0 Å². The molecule has 0 spiro atoms. The summed E-state index contributed by atoms with van der Waals surface area (Å²) in [7, 11) is 0. The van der Waals surface area contributed by atoms with E-state index in [1.54, 1.807) is 16.2 Å². The van der Waals surface area contributed by atoms with Gasteiger partial charge in [-0.3, -0.25) is 9.59 Å². The molecule has 1 atom stereocenters. The fourth-order valence-electron chi connectivity index (χ4n) is 2.17. The largest absolute Gasteiger partial charge is 0.345 e. The van der Waals surface area contributed by atoms with E-state index >= 15 is 0 Å². The van der Waals surface area contributed by atoms with Gasteiger partial charge in [-0.2, -0.15) is 0 Å². The van der Waals surface area contributed by atoms with E-state index in [0.717, 1.165) is 11.3 Å². The molecule has 2 rings (SSSR count). The second-order valence-corrected chi connectivity index (χ2v) is 5.64. The minimum absolute atomic E-state index is 0.00731. The van der Waals surface area contributed by atoms with E-state index in [1.165, 1.54) is 4.88 Å². The summed E-state index contributed by atoms with van der Waals surface area (Å²) in [5.41, 5.74) is 0. The molecular formula is C13H18N2O2S. The molecule has 1 saturated heterocycles. The summed E-state index contributed by atoms with van der Waals surface area (Å²) in [4.78, 5) is 27.8. The number of nitrogens with zero attached hydrogens (tertiary/aromatic N) is 1. The van der Waals surface area contributed by atoms with E-state index in [0.29, 0.717) is 13.0 Å². The number of hydrogen-bond donors (Lipinski definition) is 1. The molecule has 4 nitrogen and oxygen atoms in total. The Kier molecular flexibility index (Phi) is 4.01. The molecule has 1 unspecified atom stereocenters. The van der Waals surface area contributed by atoms with Crippen molar-refractivity contribution in [2.45, 2.75) is 39.3 Å². The monoisotopic (exact) mass is 266 g/mol. The van der Waals surface area contributed by atoms with Gasteiger partial charge >= 0.3 is 0 Å². The SMILES string of the molecule is CCc1ccc(CN2C(=O)CNC(=O)C2CC)s1. The number of aryl methyl sites for hydroxylation is 1.